The molecule has 0 saturated carbocycles. The van der Waals surface area contributed by atoms with E-state index in [-0.39, 0.29) is 18.3 Å². The van der Waals surface area contributed by atoms with Crippen molar-refractivity contribution in [2.45, 2.75) is 0 Å². The first-order chi connectivity index (χ1) is 14.6. The molecule has 0 saturated heterocycles. The van der Waals surface area contributed by atoms with Gasteiger partial charge >= 0.3 is 0 Å². The molecule has 166 valence electrons. The maximum Gasteiger partial charge on any atom is 0.270 e. The Hall–Kier alpha value is -2.40. The summed E-state index contributed by atoms with van der Waals surface area (Å²) in [5, 5.41) is 4.67. The number of halogens is 1. The number of hydrogen-bond donors (Lipinski definition) is 1. The van der Waals surface area contributed by atoms with E-state index in [2.05, 4.69) is 46.7 Å². The predicted molar refractivity (Wildman–Crippen MR) is 134 cm³/mol. The fourth-order valence-corrected chi connectivity index (χ4v) is 6.76. The molecule has 1 amide bonds. The molecular weight excluding hydrogens is 431 g/mol. The summed E-state index contributed by atoms with van der Waals surface area (Å²) < 4.78 is 0. The summed E-state index contributed by atoms with van der Waals surface area (Å²) in [5.41, 5.74) is 2.43. The lowest BCUT2D eigenvalue weighted by molar-refractivity contribution is -0.159. The third kappa shape index (κ3) is 6.79. The number of carbonyl (C=O) groups excluding carboxylic acids is 1. The zero-order chi connectivity index (χ0) is 21.8. The number of hydroxylamine groups is 3. The average Bonchev–Trinajstić information content (AvgIpc) is 2.83. The van der Waals surface area contributed by atoms with E-state index in [0.717, 1.165) is 15.9 Å². The smallest absolute Gasteiger partial charge is 0.270 e. The third-order valence-electron chi connectivity index (χ3n) is 4.58. The number of benzene rings is 3. The minimum Gasteiger partial charge on any atom is -0.305 e. The van der Waals surface area contributed by atoms with Crippen LogP contribution in [0.4, 0.5) is 0 Å². The maximum absolute atomic E-state index is 12.9. The fraction of sp³-hybridized carbons (Fsp3) is 0.167. The Labute approximate surface area is 191 Å². The summed E-state index contributed by atoms with van der Waals surface area (Å²) in [7, 11) is 6.41. The lowest BCUT2D eigenvalue weighted by atomic mass is 10.4. The van der Waals surface area contributed by atoms with Crippen LogP contribution in [-0.4, -0.2) is 45.1 Å². The Bertz CT molecular complexity index is 849. The summed E-state index contributed by atoms with van der Waals surface area (Å²) in [5.74, 6) is 1.69. The molecule has 3 aromatic carbocycles. The largest absolute Gasteiger partial charge is 0.305 e. The lowest BCUT2D eigenvalue weighted by Crippen LogP contribution is -2.33. The highest BCUT2D eigenvalue weighted by Gasteiger charge is 2.27. The molecule has 7 heteroatoms. The molecule has 3 rings (SSSR count). The van der Waals surface area contributed by atoms with Crippen LogP contribution < -0.4 is 21.4 Å². The van der Waals surface area contributed by atoms with E-state index < -0.39 is 6.89 Å². The summed E-state index contributed by atoms with van der Waals surface area (Å²) in [6, 6.07) is 30.7. The van der Waals surface area contributed by atoms with Gasteiger partial charge in [-0.05, 0) is 22.8 Å². The maximum atomic E-state index is 12.9. The van der Waals surface area contributed by atoms with Gasteiger partial charge in [-0.2, -0.15) is 0 Å². The first-order valence-corrected chi connectivity index (χ1v) is 11.4. The van der Waals surface area contributed by atoms with Crippen LogP contribution in [0.25, 0.3) is 0 Å². The molecule has 0 aliphatic carbocycles. The van der Waals surface area contributed by atoms with Gasteiger partial charge in [0.2, 0.25) is 0 Å². The molecule has 0 unspecified atom stereocenters. The van der Waals surface area contributed by atoms with Crippen molar-refractivity contribution in [1.82, 2.24) is 10.5 Å². The Morgan fingerprint density at radius 2 is 1.13 bits per heavy atom. The van der Waals surface area contributed by atoms with Crippen LogP contribution in [0.1, 0.15) is 0 Å². The summed E-state index contributed by atoms with van der Waals surface area (Å²) in [4.78, 5) is 22.3. The second-order valence-electron chi connectivity index (χ2n) is 6.28. The molecule has 3 aromatic rings. The van der Waals surface area contributed by atoms with Crippen LogP contribution in [-0.2, 0) is 14.5 Å². The highest BCUT2D eigenvalue weighted by atomic mass is 35.5. The number of nitrogens with zero attached hydrogens (tertiary/aromatic N) is 1. The molecule has 0 aliphatic heterocycles. The van der Waals surface area contributed by atoms with Gasteiger partial charge in [-0.15, -0.1) is 12.4 Å². The van der Waals surface area contributed by atoms with Gasteiger partial charge in [0.1, 0.15) is 0 Å². The van der Waals surface area contributed by atoms with Crippen molar-refractivity contribution in [2.24, 2.45) is 0 Å². The summed E-state index contributed by atoms with van der Waals surface area (Å²) in [6.45, 7) is -2.27. The van der Waals surface area contributed by atoms with Crippen molar-refractivity contribution >= 4 is 46.9 Å². The van der Waals surface area contributed by atoms with Crippen molar-refractivity contribution in [3.8, 4) is 0 Å². The molecule has 0 heterocycles. The van der Waals surface area contributed by atoms with Gasteiger partial charge in [-0.3, -0.25) is 9.63 Å². The Kier molecular flexibility index (Phi) is 11.9. The average molecular weight is 461 g/mol. The number of rotatable bonds is 6. The third-order valence-corrected chi connectivity index (χ3v) is 8.53. The number of nitrogens with one attached hydrogen (secondary N) is 1. The Morgan fingerprint density at radius 1 is 0.806 bits per heavy atom. The van der Waals surface area contributed by atoms with Gasteiger partial charge in [0.15, 0.2) is 0 Å². The van der Waals surface area contributed by atoms with Crippen LogP contribution in [0.3, 0.4) is 0 Å². The zero-order valence-electron chi connectivity index (χ0n) is 18.3. The monoisotopic (exact) mass is 460 g/mol. The van der Waals surface area contributed by atoms with Gasteiger partial charge in [0, 0.05) is 19.9 Å². The van der Waals surface area contributed by atoms with Crippen molar-refractivity contribution in [3.05, 3.63) is 91.0 Å². The van der Waals surface area contributed by atoms with Gasteiger partial charge in [0.05, 0.1) is 14.2 Å². The van der Waals surface area contributed by atoms with Crippen LogP contribution >= 0.6 is 19.3 Å². The number of amides is 1. The molecular formula is C24H30ClN2O3P. The summed E-state index contributed by atoms with van der Waals surface area (Å²) >= 11 is 0. The molecule has 0 radical (unpaired) electrons. The minimum atomic E-state index is -2.27. The Balaban J connectivity index is 0.000000885. The number of carbonyl (C=O) groups is 1. The summed E-state index contributed by atoms with van der Waals surface area (Å²) in [6.07, 6.45) is 0. The first-order valence-electron chi connectivity index (χ1n) is 9.53. The van der Waals surface area contributed by atoms with Crippen LogP contribution in [0.15, 0.2) is 91.0 Å². The SMILES string of the molecule is CNOC.CON(C)C(=O)C=P(c1ccccc1)(c1ccccc1)c1ccccc1.Cl. The van der Waals surface area contributed by atoms with Gasteiger partial charge in [-0.25, -0.2) is 10.5 Å². The van der Waals surface area contributed by atoms with Gasteiger partial charge < -0.3 is 4.84 Å². The molecule has 5 nitrogen and oxygen atoms in total. The predicted octanol–water partition coefficient (Wildman–Crippen LogP) is 2.99. The topological polar surface area (TPSA) is 50.8 Å². The fourth-order valence-electron chi connectivity index (χ4n) is 3.00. The lowest BCUT2D eigenvalue weighted by Gasteiger charge is -2.29. The highest BCUT2D eigenvalue weighted by molar-refractivity contribution is 7.95. The Morgan fingerprint density at radius 3 is 1.39 bits per heavy atom. The van der Waals surface area contributed by atoms with Crippen LogP contribution in [0, 0.1) is 0 Å². The van der Waals surface area contributed by atoms with Gasteiger partial charge in [0.25, 0.3) is 5.91 Å². The second kappa shape index (κ2) is 13.8. The van der Waals surface area contributed by atoms with E-state index in [4.69, 9.17) is 4.84 Å². The van der Waals surface area contributed by atoms with Crippen molar-refractivity contribution in [3.63, 3.8) is 0 Å². The second-order valence-corrected chi connectivity index (χ2v) is 9.54. The molecule has 0 fully saturated rings. The number of hydrogen-bond acceptors (Lipinski definition) is 4. The van der Waals surface area contributed by atoms with Crippen molar-refractivity contribution in [2.75, 3.05) is 28.3 Å². The normalized spacial score (nSPS) is 10.2. The van der Waals surface area contributed by atoms with E-state index in [1.165, 1.54) is 12.2 Å². The van der Waals surface area contributed by atoms with Crippen molar-refractivity contribution < 1.29 is 14.5 Å². The van der Waals surface area contributed by atoms with Crippen molar-refractivity contribution in [1.29, 1.82) is 0 Å². The standard InChI is InChI=1S/C22H22NO2P.C2H7NO.ClH/c1-23(25-2)22(24)18-26(19-12-6-3-7-13-19,20-14-8-4-9-15-20)21-16-10-5-11-17-21;1-3-4-2;/h3-18H,1-2H3;3H,1-2H3;1H. The van der Waals surface area contributed by atoms with E-state index >= 15 is 0 Å². The van der Waals surface area contributed by atoms with Gasteiger partial charge in [-0.1, -0.05) is 91.0 Å². The van der Waals surface area contributed by atoms with E-state index in [1.54, 1.807) is 21.2 Å². The molecule has 0 atom stereocenters. The first kappa shape index (κ1) is 26.6. The van der Waals surface area contributed by atoms with E-state index in [9.17, 15) is 4.79 Å². The molecule has 1 N–H and O–H groups in total. The molecule has 0 aliphatic rings. The highest BCUT2D eigenvalue weighted by Crippen LogP contribution is 2.43. The zero-order valence-corrected chi connectivity index (χ0v) is 20.0. The molecule has 0 bridgehead atoms. The van der Waals surface area contributed by atoms with E-state index in [1.807, 2.05) is 60.4 Å². The molecule has 0 aromatic heterocycles. The minimum absolute atomic E-state index is 0. The van der Waals surface area contributed by atoms with Crippen LogP contribution in [0.2, 0.25) is 0 Å². The quantitative estimate of drug-likeness (QED) is 0.454. The molecule has 0 spiro atoms. The van der Waals surface area contributed by atoms with Crippen LogP contribution in [0.5, 0.6) is 0 Å². The van der Waals surface area contributed by atoms with E-state index in [0.29, 0.717) is 0 Å². The molecule has 31 heavy (non-hydrogen) atoms.